The number of aliphatic carboxylic acids is 4. The van der Waals surface area contributed by atoms with Crippen LogP contribution in [0.5, 0.6) is 0 Å². The van der Waals surface area contributed by atoms with Crippen LogP contribution in [0.3, 0.4) is 0 Å². The Morgan fingerprint density at radius 3 is 0.619 bits per heavy atom. The summed E-state index contributed by atoms with van der Waals surface area (Å²) in [7, 11) is 0. The van der Waals surface area contributed by atoms with E-state index in [9.17, 15) is 0 Å². The first-order chi connectivity index (χ1) is 8.84. The van der Waals surface area contributed by atoms with Gasteiger partial charge < -0.3 is 30.6 Å². The van der Waals surface area contributed by atoms with Crippen LogP contribution in [0, 0.1) is 0 Å². The van der Waals surface area contributed by atoms with Crippen molar-refractivity contribution in [2.45, 2.75) is 27.7 Å². The number of carboxylic acid groups (broad SMARTS) is 4. The Kier molecular flexibility index (Phi) is 63.6. The number of aliphatic hydroxyl groups is 2. The van der Waals surface area contributed by atoms with Crippen molar-refractivity contribution in [3.8, 4) is 0 Å². The number of carbonyl (C=O) groups is 4. The minimum absolute atomic E-state index is 0. The molecule has 0 aliphatic rings. The maximum atomic E-state index is 9.00. The van der Waals surface area contributed by atoms with Crippen LogP contribution in [0.1, 0.15) is 27.7 Å². The van der Waals surface area contributed by atoms with E-state index in [1.165, 1.54) is 0 Å². The first-order valence-electron chi connectivity index (χ1n) is 4.84. The third-order valence-electron chi connectivity index (χ3n) is 0.1000. The maximum absolute atomic E-state index is 9.00. The fourth-order valence-corrected chi connectivity index (χ4v) is 0. The average Bonchev–Trinajstić information content (AvgIpc) is 2.13. The Hall–Kier alpha value is -1.20. The summed E-state index contributed by atoms with van der Waals surface area (Å²) in [5.41, 5.74) is 0. The van der Waals surface area contributed by atoms with Crippen molar-refractivity contribution in [3.63, 3.8) is 0 Å². The van der Waals surface area contributed by atoms with Gasteiger partial charge in [-0.3, -0.25) is 19.2 Å². The molecule has 0 aliphatic carbocycles. The third-order valence-corrected chi connectivity index (χ3v) is 0.1000. The van der Waals surface area contributed by atoms with E-state index < -0.39 is 23.9 Å². The standard InChI is InChI=1S/4C2H4O2.C2H6O2.Na.H/c4*1-2(3)4;3-1-2-4;;/h4*1H3,(H,3,4);3-4H,1-2H2;;. The predicted octanol–water partition coefficient (Wildman–Crippen LogP) is -1.31. The summed E-state index contributed by atoms with van der Waals surface area (Å²) in [4.78, 5) is 36.0. The van der Waals surface area contributed by atoms with Crippen molar-refractivity contribution >= 4 is 53.4 Å². The van der Waals surface area contributed by atoms with Crippen molar-refractivity contribution in [2.75, 3.05) is 13.2 Å². The van der Waals surface area contributed by atoms with Gasteiger partial charge in [0.2, 0.25) is 0 Å². The molecule has 124 valence electrons. The van der Waals surface area contributed by atoms with E-state index in [0.717, 1.165) is 27.7 Å². The van der Waals surface area contributed by atoms with Gasteiger partial charge in [0, 0.05) is 27.7 Å². The summed E-state index contributed by atoms with van der Waals surface area (Å²) in [6, 6.07) is 0. The van der Waals surface area contributed by atoms with Crippen LogP contribution >= 0.6 is 0 Å². The molecule has 0 heterocycles. The van der Waals surface area contributed by atoms with Crippen molar-refractivity contribution in [1.82, 2.24) is 0 Å². The second kappa shape index (κ2) is 36.4. The molecule has 0 rings (SSSR count). The fraction of sp³-hybridized carbons (Fsp3) is 0.600. The van der Waals surface area contributed by atoms with E-state index in [1.807, 2.05) is 0 Å². The molecule has 0 saturated heterocycles. The second-order valence-electron chi connectivity index (χ2n) is 2.52. The molecule has 0 spiro atoms. The molecule has 0 aromatic carbocycles. The fourth-order valence-electron chi connectivity index (χ4n) is 0. The number of hydrogen-bond acceptors (Lipinski definition) is 6. The molecule has 0 unspecified atom stereocenters. The van der Waals surface area contributed by atoms with Crippen LogP contribution in [0.15, 0.2) is 0 Å². The first kappa shape index (κ1) is 36.7. The van der Waals surface area contributed by atoms with Crippen LogP contribution < -0.4 is 0 Å². The van der Waals surface area contributed by atoms with Crippen molar-refractivity contribution in [2.24, 2.45) is 0 Å². The molecule has 0 aliphatic heterocycles. The van der Waals surface area contributed by atoms with Gasteiger partial charge in [-0.2, -0.15) is 0 Å². The summed E-state index contributed by atoms with van der Waals surface area (Å²) >= 11 is 0. The molecular formula is C10H23NaO10. The van der Waals surface area contributed by atoms with Gasteiger partial charge in [0.15, 0.2) is 0 Å². The van der Waals surface area contributed by atoms with Gasteiger partial charge >= 0.3 is 29.6 Å². The molecule has 0 saturated carbocycles. The molecule has 0 amide bonds. The van der Waals surface area contributed by atoms with E-state index in [1.54, 1.807) is 0 Å². The number of rotatable bonds is 1. The third kappa shape index (κ3) is 133000. The van der Waals surface area contributed by atoms with E-state index in [4.69, 9.17) is 49.8 Å². The Morgan fingerprint density at radius 1 is 0.571 bits per heavy atom. The monoisotopic (exact) mass is 326 g/mol. The Labute approximate surface area is 144 Å². The van der Waals surface area contributed by atoms with Crippen molar-refractivity contribution in [1.29, 1.82) is 0 Å². The molecule has 0 aromatic heterocycles. The van der Waals surface area contributed by atoms with Gasteiger partial charge in [-0.05, 0) is 0 Å². The van der Waals surface area contributed by atoms with Gasteiger partial charge in [-0.25, -0.2) is 0 Å². The molecule has 0 atom stereocenters. The number of carboxylic acids is 4. The minimum atomic E-state index is -0.833. The van der Waals surface area contributed by atoms with Crippen LogP contribution in [-0.2, 0) is 19.2 Å². The molecule has 21 heavy (non-hydrogen) atoms. The molecule has 10 nitrogen and oxygen atoms in total. The van der Waals surface area contributed by atoms with E-state index in [-0.39, 0.29) is 42.8 Å². The van der Waals surface area contributed by atoms with Gasteiger partial charge in [0.1, 0.15) is 0 Å². The number of hydrogen-bond donors (Lipinski definition) is 6. The molecule has 11 heteroatoms. The Morgan fingerprint density at radius 2 is 0.619 bits per heavy atom. The van der Waals surface area contributed by atoms with E-state index >= 15 is 0 Å². The van der Waals surface area contributed by atoms with Crippen LogP contribution in [0.2, 0.25) is 0 Å². The first-order valence-corrected chi connectivity index (χ1v) is 4.84. The average molecular weight is 326 g/mol. The van der Waals surface area contributed by atoms with Crippen LogP contribution in [-0.4, -0.2) is 97.3 Å². The second-order valence-corrected chi connectivity index (χ2v) is 2.52. The Bertz CT molecular complexity index is 188. The molecule has 6 N–H and O–H groups in total. The van der Waals surface area contributed by atoms with Gasteiger partial charge in [0.05, 0.1) is 13.2 Å². The van der Waals surface area contributed by atoms with E-state index in [0.29, 0.717) is 0 Å². The zero-order valence-electron chi connectivity index (χ0n) is 11.7. The van der Waals surface area contributed by atoms with Gasteiger partial charge in [0.25, 0.3) is 23.9 Å². The predicted molar refractivity (Wildman–Crippen MR) is 74.6 cm³/mol. The summed E-state index contributed by atoms with van der Waals surface area (Å²) in [6.45, 7) is 4.08. The zero-order valence-corrected chi connectivity index (χ0v) is 11.7. The van der Waals surface area contributed by atoms with Gasteiger partial charge in [-0.1, -0.05) is 0 Å². The Balaban J connectivity index is -0.0000000331. The summed E-state index contributed by atoms with van der Waals surface area (Å²) in [6.07, 6.45) is 0. The van der Waals surface area contributed by atoms with Crippen molar-refractivity contribution < 1.29 is 49.8 Å². The summed E-state index contributed by atoms with van der Waals surface area (Å²) in [5.74, 6) is -3.33. The van der Waals surface area contributed by atoms with Crippen LogP contribution in [0.4, 0.5) is 0 Å². The molecule has 0 radical (unpaired) electrons. The molecule has 0 aromatic rings. The topological polar surface area (TPSA) is 190 Å². The SMILES string of the molecule is CC(=O)O.CC(=O)O.CC(=O)O.CC(=O)O.OCCO.[NaH]. The quantitative estimate of drug-likeness (QED) is 0.315. The molecule has 0 fully saturated rings. The summed E-state index contributed by atoms with van der Waals surface area (Å²) in [5, 5.41) is 44.9. The zero-order chi connectivity index (χ0) is 17.7. The van der Waals surface area contributed by atoms with E-state index in [2.05, 4.69) is 0 Å². The normalized spacial score (nSPS) is 6.19. The van der Waals surface area contributed by atoms with Crippen molar-refractivity contribution in [3.05, 3.63) is 0 Å². The molecule has 0 bridgehead atoms. The van der Waals surface area contributed by atoms with Crippen LogP contribution in [0.25, 0.3) is 0 Å². The summed E-state index contributed by atoms with van der Waals surface area (Å²) < 4.78 is 0. The number of aliphatic hydroxyl groups excluding tert-OH is 2. The van der Waals surface area contributed by atoms with Gasteiger partial charge in [-0.15, -0.1) is 0 Å². The molecular weight excluding hydrogens is 303 g/mol.